The highest BCUT2D eigenvalue weighted by Gasteiger charge is 2.07. The highest BCUT2D eigenvalue weighted by molar-refractivity contribution is 9.10. The Bertz CT molecular complexity index is 352. The minimum atomic E-state index is 0.248. The normalized spacial score (nSPS) is 12.8. The fourth-order valence-electron chi connectivity index (χ4n) is 1.79. The Labute approximate surface area is 113 Å². The highest BCUT2D eigenvalue weighted by Crippen LogP contribution is 2.26. The number of hydrogen-bond donors (Lipinski definition) is 1. The molecule has 0 amide bonds. The lowest BCUT2D eigenvalue weighted by Crippen LogP contribution is -2.23. The zero-order valence-electron chi connectivity index (χ0n) is 10.9. The summed E-state index contributed by atoms with van der Waals surface area (Å²) in [5.41, 5.74) is 7.39. The molecule has 1 aromatic carbocycles. The first-order valence-electron chi connectivity index (χ1n) is 6.11. The van der Waals surface area contributed by atoms with Crippen LogP contribution in [0.4, 0.5) is 0 Å². The summed E-state index contributed by atoms with van der Waals surface area (Å²) in [6.45, 7) is 4.47. The molecule has 1 rings (SSSR count). The van der Waals surface area contributed by atoms with Crippen LogP contribution in [-0.2, 0) is 6.42 Å². The van der Waals surface area contributed by atoms with Crippen molar-refractivity contribution in [2.24, 2.45) is 11.7 Å². The van der Waals surface area contributed by atoms with Gasteiger partial charge in [-0.2, -0.15) is 0 Å². The van der Waals surface area contributed by atoms with E-state index in [0.717, 1.165) is 29.0 Å². The van der Waals surface area contributed by atoms with Gasteiger partial charge in [0, 0.05) is 6.04 Å². The lowest BCUT2D eigenvalue weighted by atomic mass is 9.98. The fourth-order valence-corrected chi connectivity index (χ4v) is 2.38. The molecule has 0 bridgehead atoms. The number of benzene rings is 1. The van der Waals surface area contributed by atoms with Crippen molar-refractivity contribution in [3.05, 3.63) is 28.2 Å². The van der Waals surface area contributed by atoms with Gasteiger partial charge in [0.2, 0.25) is 0 Å². The summed E-state index contributed by atoms with van der Waals surface area (Å²) in [6.07, 6.45) is 3.20. The van der Waals surface area contributed by atoms with Crippen LogP contribution in [0.1, 0.15) is 32.3 Å². The highest BCUT2D eigenvalue weighted by atomic mass is 79.9. The maximum absolute atomic E-state index is 6.13. The summed E-state index contributed by atoms with van der Waals surface area (Å²) >= 11 is 3.49. The van der Waals surface area contributed by atoms with E-state index in [-0.39, 0.29) is 6.04 Å². The van der Waals surface area contributed by atoms with Crippen LogP contribution in [0.2, 0.25) is 0 Å². The fraction of sp³-hybridized carbons (Fsp3) is 0.571. The minimum Gasteiger partial charge on any atom is -0.496 e. The van der Waals surface area contributed by atoms with Gasteiger partial charge in [-0.15, -0.1) is 0 Å². The van der Waals surface area contributed by atoms with E-state index >= 15 is 0 Å². The van der Waals surface area contributed by atoms with Crippen molar-refractivity contribution in [3.8, 4) is 5.75 Å². The van der Waals surface area contributed by atoms with Crippen molar-refractivity contribution in [3.63, 3.8) is 0 Å². The first kappa shape index (κ1) is 14.5. The van der Waals surface area contributed by atoms with Crippen LogP contribution in [0, 0.1) is 5.92 Å². The second-order valence-corrected chi connectivity index (χ2v) is 5.76. The third kappa shape index (κ3) is 5.09. The molecule has 0 aliphatic carbocycles. The van der Waals surface area contributed by atoms with Crippen molar-refractivity contribution in [1.29, 1.82) is 0 Å². The number of nitrogens with two attached hydrogens (primary N) is 1. The average molecular weight is 300 g/mol. The summed E-state index contributed by atoms with van der Waals surface area (Å²) in [6, 6.07) is 6.40. The number of hydrogen-bond acceptors (Lipinski definition) is 2. The Hall–Kier alpha value is -0.540. The van der Waals surface area contributed by atoms with E-state index in [0.29, 0.717) is 0 Å². The average Bonchev–Trinajstić information content (AvgIpc) is 2.26. The molecule has 17 heavy (non-hydrogen) atoms. The molecular weight excluding hydrogens is 278 g/mol. The van der Waals surface area contributed by atoms with Crippen molar-refractivity contribution in [1.82, 2.24) is 0 Å². The van der Waals surface area contributed by atoms with Gasteiger partial charge in [0.05, 0.1) is 11.6 Å². The molecule has 1 unspecified atom stereocenters. The summed E-state index contributed by atoms with van der Waals surface area (Å²) < 4.78 is 6.20. The molecule has 3 heteroatoms. The smallest absolute Gasteiger partial charge is 0.133 e. The lowest BCUT2D eigenvalue weighted by Gasteiger charge is -2.14. The van der Waals surface area contributed by atoms with Crippen LogP contribution < -0.4 is 10.5 Å². The molecule has 0 saturated carbocycles. The summed E-state index contributed by atoms with van der Waals surface area (Å²) in [5.74, 6) is 1.59. The molecular formula is C14H22BrNO. The van der Waals surface area contributed by atoms with E-state index in [9.17, 15) is 0 Å². The number of ether oxygens (including phenoxy) is 1. The second-order valence-electron chi connectivity index (χ2n) is 4.90. The van der Waals surface area contributed by atoms with Crippen molar-refractivity contribution in [2.45, 2.75) is 39.2 Å². The van der Waals surface area contributed by atoms with Crippen LogP contribution in [-0.4, -0.2) is 13.2 Å². The molecule has 0 saturated heterocycles. The van der Waals surface area contributed by atoms with E-state index in [2.05, 4.69) is 41.9 Å². The first-order chi connectivity index (χ1) is 8.02. The van der Waals surface area contributed by atoms with E-state index in [1.54, 1.807) is 7.11 Å². The Kier molecular flexibility index (Phi) is 6.00. The second kappa shape index (κ2) is 7.02. The summed E-state index contributed by atoms with van der Waals surface area (Å²) in [4.78, 5) is 0. The predicted octanol–water partition coefficient (Wildman–Crippen LogP) is 3.76. The maximum atomic E-state index is 6.13. The zero-order chi connectivity index (χ0) is 12.8. The molecule has 2 nitrogen and oxygen atoms in total. The van der Waals surface area contributed by atoms with E-state index in [1.165, 1.54) is 12.0 Å². The predicted molar refractivity (Wildman–Crippen MR) is 76.4 cm³/mol. The molecule has 0 spiro atoms. The summed E-state index contributed by atoms with van der Waals surface area (Å²) in [7, 11) is 1.67. The van der Waals surface area contributed by atoms with Gasteiger partial charge in [-0.25, -0.2) is 0 Å². The van der Waals surface area contributed by atoms with Crippen molar-refractivity contribution in [2.75, 3.05) is 7.11 Å². The topological polar surface area (TPSA) is 35.2 Å². The molecule has 2 N–H and O–H groups in total. The van der Waals surface area contributed by atoms with Crippen LogP contribution >= 0.6 is 15.9 Å². The van der Waals surface area contributed by atoms with Gasteiger partial charge in [0.25, 0.3) is 0 Å². The minimum absolute atomic E-state index is 0.248. The molecule has 96 valence electrons. The number of halogens is 1. The molecule has 0 heterocycles. The monoisotopic (exact) mass is 299 g/mol. The SMILES string of the molecule is COc1ccc(CC(N)CCC(C)C)cc1Br. The molecule has 1 aromatic rings. The van der Waals surface area contributed by atoms with Crippen LogP contribution in [0.25, 0.3) is 0 Å². The third-order valence-electron chi connectivity index (χ3n) is 2.83. The van der Waals surface area contributed by atoms with Gasteiger partial charge in [-0.05, 0) is 58.8 Å². The van der Waals surface area contributed by atoms with Crippen LogP contribution in [0.5, 0.6) is 5.75 Å². The van der Waals surface area contributed by atoms with Crippen LogP contribution in [0.15, 0.2) is 22.7 Å². The molecule has 0 aliphatic rings. The maximum Gasteiger partial charge on any atom is 0.133 e. The molecule has 0 fully saturated rings. The number of methoxy groups -OCH3 is 1. The van der Waals surface area contributed by atoms with Crippen LogP contribution in [0.3, 0.4) is 0 Å². The first-order valence-corrected chi connectivity index (χ1v) is 6.90. The van der Waals surface area contributed by atoms with Gasteiger partial charge in [0.15, 0.2) is 0 Å². The Morgan fingerprint density at radius 1 is 1.29 bits per heavy atom. The number of rotatable bonds is 6. The standard InChI is InChI=1S/C14H22BrNO/c1-10(2)4-6-12(16)8-11-5-7-14(17-3)13(15)9-11/h5,7,9-10,12H,4,6,8,16H2,1-3H3. The van der Waals surface area contributed by atoms with Gasteiger partial charge in [0.1, 0.15) is 5.75 Å². The van der Waals surface area contributed by atoms with Gasteiger partial charge in [-0.3, -0.25) is 0 Å². The largest absolute Gasteiger partial charge is 0.496 e. The lowest BCUT2D eigenvalue weighted by molar-refractivity contribution is 0.412. The Balaban J connectivity index is 2.53. The third-order valence-corrected chi connectivity index (χ3v) is 3.45. The molecule has 0 aliphatic heterocycles. The van der Waals surface area contributed by atoms with Gasteiger partial charge in [-0.1, -0.05) is 19.9 Å². The molecule has 1 atom stereocenters. The Morgan fingerprint density at radius 3 is 2.53 bits per heavy atom. The molecule has 0 radical (unpaired) electrons. The van der Waals surface area contributed by atoms with E-state index in [1.807, 2.05) is 6.07 Å². The van der Waals surface area contributed by atoms with Gasteiger partial charge < -0.3 is 10.5 Å². The van der Waals surface area contributed by atoms with Crippen molar-refractivity contribution >= 4 is 15.9 Å². The van der Waals surface area contributed by atoms with E-state index < -0.39 is 0 Å². The van der Waals surface area contributed by atoms with E-state index in [4.69, 9.17) is 10.5 Å². The summed E-state index contributed by atoms with van der Waals surface area (Å²) in [5, 5.41) is 0. The molecule has 0 aromatic heterocycles. The quantitative estimate of drug-likeness (QED) is 0.868. The zero-order valence-corrected chi connectivity index (χ0v) is 12.5. The van der Waals surface area contributed by atoms with Gasteiger partial charge >= 0.3 is 0 Å². The van der Waals surface area contributed by atoms with Crippen molar-refractivity contribution < 1.29 is 4.74 Å². The Morgan fingerprint density at radius 2 is 2.00 bits per heavy atom.